The fourth-order valence-corrected chi connectivity index (χ4v) is 3.48. The van der Waals surface area contributed by atoms with Crippen LogP contribution < -0.4 is 10.6 Å². The van der Waals surface area contributed by atoms with E-state index in [9.17, 15) is 9.90 Å². The van der Waals surface area contributed by atoms with Gasteiger partial charge < -0.3 is 20.8 Å². The molecule has 1 fully saturated rings. The Morgan fingerprint density at radius 2 is 1.85 bits per heavy atom. The summed E-state index contributed by atoms with van der Waals surface area (Å²) in [7, 11) is 0. The van der Waals surface area contributed by atoms with Crippen LogP contribution in [0.2, 0.25) is 0 Å². The van der Waals surface area contributed by atoms with E-state index < -0.39 is 6.10 Å². The van der Waals surface area contributed by atoms with E-state index in [4.69, 9.17) is 5.11 Å². The Bertz CT molecular complexity index is 313. The van der Waals surface area contributed by atoms with Crippen molar-refractivity contribution < 1.29 is 15.0 Å². The maximum Gasteiger partial charge on any atom is 0.220 e. The predicted molar refractivity (Wildman–Crippen MR) is 79.4 cm³/mol. The first-order valence-corrected chi connectivity index (χ1v) is 7.48. The van der Waals surface area contributed by atoms with Crippen molar-refractivity contribution in [3.63, 3.8) is 0 Å². The number of hydrogen-bond acceptors (Lipinski definition) is 4. The number of aliphatic hydroxyl groups excluding tert-OH is 2. The maximum atomic E-state index is 11.9. The summed E-state index contributed by atoms with van der Waals surface area (Å²) in [5.41, 5.74) is 0.111. The van der Waals surface area contributed by atoms with Gasteiger partial charge in [-0.15, -0.1) is 0 Å². The third-order valence-corrected chi connectivity index (χ3v) is 3.76. The Kier molecular flexibility index (Phi) is 5.98. The topological polar surface area (TPSA) is 81.6 Å². The normalized spacial score (nSPS) is 23.3. The monoisotopic (exact) mass is 286 g/mol. The smallest absolute Gasteiger partial charge is 0.220 e. The molecule has 0 unspecified atom stereocenters. The highest BCUT2D eigenvalue weighted by Gasteiger charge is 2.38. The lowest BCUT2D eigenvalue weighted by atomic mass is 9.74. The van der Waals surface area contributed by atoms with Gasteiger partial charge in [-0.05, 0) is 52.9 Å². The molecule has 1 aliphatic heterocycles. The van der Waals surface area contributed by atoms with Crippen LogP contribution in [0.4, 0.5) is 0 Å². The Hall–Kier alpha value is -0.650. The van der Waals surface area contributed by atoms with E-state index in [1.807, 2.05) is 0 Å². The molecule has 1 heterocycles. The number of carbonyl (C=O) groups is 1. The number of nitrogens with one attached hydrogen (secondary N) is 2. The summed E-state index contributed by atoms with van der Waals surface area (Å²) < 4.78 is 0. The zero-order chi connectivity index (χ0) is 15.4. The van der Waals surface area contributed by atoms with Crippen LogP contribution in [0.1, 0.15) is 53.4 Å². The lowest BCUT2D eigenvalue weighted by molar-refractivity contribution is -0.122. The van der Waals surface area contributed by atoms with E-state index in [-0.39, 0.29) is 23.6 Å². The molecule has 0 aromatic carbocycles. The summed E-state index contributed by atoms with van der Waals surface area (Å²) in [6.45, 7) is 8.87. The van der Waals surface area contributed by atoms with Crippen LogP contribution in [0, 0.1) is 5.92 Å². The molecule has 118 valence electrons. The van der Waals surface area contributed by atoms with Crippen molar-refractivity contribution in [1.29, 1.82) is 0 Å². The van der Waals surface area contributed by atoms with E-state index in [2.05, 4.69) is 38.3 Å². The summed E-state index contributed by atoms with van der Waals surface area (Å²) in [5.74, 6) is 0.414. The Balaban J connectivity index is 2.37. The molecule has 0 bridgehead atoms. The molecule has 1 saturated heterocycles. The highest BCUT2D eigenvalue weighted by atomic mass is 16.3. The first-order chi connectivity index (χ1) is 9.13. The molecule has 0 aromatic heterocycles. The lowest BCUT2D eigenvalue weighted by Crippen LogP contribution is -2.58. The van der Waals surface area contributed by atoms with Crippen LogP contribution in [0.3, 0.4) is 0 Å². The van der Waals surface area contributed by atoms with Crippen LogP contribution in [-0.2, 0) is 4.79 Å². The average molecular weight is 286 g/mol. The van der Waals surface area contributed by atoms with Gasteiger partial charge in [0.15, 0.2) is 0 Å². The largest absolute Gasteiger partial charge is 0.394 e. The molecule has 0 spiro atoms. The van der Waals surface area contributed by atoms with Crippen molar-refractivity contribution in [2.75, 3.05) is 13.2 Å². The highest BCUT2D eigenvalue weighted by molar-refractivity contribution is 5.76. The second kappa shape index (κ2) is 6.87. The summed E-state index contributed by atoms with van der Waals surface area (Å²) in [5, 5.41) is 24.4. The Morgan fingerprint density at radius 1 is 1.30 bits per heavy atom. The van der Waals surface area contributed by atoms with Crippen molar-refractivity contribution in [1.82, 2.24) is 10.6 Å². The fraction of sp³-hybridized carbons (Fsp3) is 0.933. The van der Waals surface area contributed by atoms with E-state index in [0.717, 1.165) is 12.8 Å². The van der Waals surface area contributed by atoms with Gasteiger partial charge in [0.05, 0.1) is 12.7 Å². The molecule has 4 N–H and O–H groups in total. The van der Waals surface area contributed by atoms with Gasteiger partial charge >= 0.3 is 0 Å². The first-order valence-electron chi connectivity index (χ1n) is 7.48. The van der Waals surface area contributed by atoms with Crippen molar-refractivity contribution in [3.8, 4) is 0 Å². The van der Waals surface area contributed by atoms with Gasteiger partial charge in [0, 0.05) is 24.0 Å². The molecule has 1 atom stereocenters. The van der Waals surface area contributed by atoms with Crippen LogP contribution in [0.15, 0.2) is 0 Å². The summed E-state index contributed by atoms with van der Waals surface area (Å²) in [6, 6.07) is 0. The average Bonchev–Trinajstić information content (AvgIpc) is 2.23. The molecular formula is C15H30N2O3. The van der Waals surface area contributed by atoms with Crippen molar-refractivity contribution in [2.45, 2.75) is 70.6 Å². The van der Waals surface area contributed by atoms with Gasteiger partial charge in [-0.25, -0.2) is 0 Å². The first kappa shape index (κ1) is 17.4. The number of rotatable bonds is 6. The molecule has 0 aromatic rings. The van der Waals surface area contributed by atoms with Crippen molar-refractivity contribution >= 4 is 5.91 Å². The molecule has 5 heteroatoms. The quantitative estimate of drug-likeness (QED) is 0.582. The Morgan fingerprint density at radius 3 is 2.35 bits per heavy atom. The summed E-state index contributed by atoms with van der Waals surface area (Å²) in [4.78, 5) is 11.9. The van der Waals surface area contributed by atoms with Crippen LogP contribution in [0.25, 0.3) is 0 Å². The van der Waals surface area contributed by atoms with Crippen LogP contribution in [0.5, 0.6) is 0 Å². The SMILES string of the molecule is CC1(C)CC(CC(=O)NCC[C@H](O)CO)CC(C)(C)N1. The van der Waals surface area contributed by atoms with Gasteiger partial charge in [0.1, 0.15) is 0 Å². The summed E-state index contributed by atoms with van der Waals surface area (Å²) >= 11 is 0. The third-order valence-electron chi connectivity index (χ3n) is 3.76. The van der Waals surface area contributed by atoms with Crippen LogP contribution in [-0.4, -0.2) is 46.5 Å². The van der Waals surface area contributed by atoms with Crippen LogP contribution >= 0.6 is 0 Å². The lowest BCUT2D eigenvalue weighted by Gasteiger charge is -2.46. The van der Waals surface area contributed by atoms with Gasteiger partial charge in [-0.3, -0.25) is 4.79 Å². The molecule has 0 radical (unpaired) electrons. The second-order valence-corrected chi connectivity index (χ2v) is 7.35. The number of amides is 1. The van der Waals surface area contributed by atoms with E-state index in [1.54, 1.807) is 0 Å². The Labute approximate surface area is 122 Å². The van der Waals surface area contributed by atoms with Gasteiger partial charge in [0.25, 0.3) is 0 Å². The van der Waals surface area contributed by atoms with E-state index in [0.29, 0.717) is 25.3 Å². The molecule has 0 aliphatic carbocycles. The number of hydrogen-bond donors (Lipinski definition) is 4. The zero-order valence-corrected chi connectivity index (χ0v) is 13.2. The van der Waals surface area contributed by atoms with E-state index in [1.165, 1.54) is 0 Å². The number of piperidine rings is 1. The zero-order valence-electron chi connectivity index (χ0n) is 13.2. The van der Waals surface area contributed by atoms with Crippen molar-refractivity contribution in [3.05, 3.63) is 0 Å². The number of aliphatic hydroxyl groups is 2. The minimum atomic E-state index is -0.743. The number of carbonyl (C=O) groups excluding carboxylic acids is 1. The minimum absolute atomic E-state index is 0.0358. The van der Waals surface area contributed by atoms with Gasteiger partial charge in [-0.2, -0.15) is 0 Å². The minimum Gasteiger partial charge on any atom is -0.394 e. The van der Waals surface area contributed by atoms with Gasteiger partial charge in [0.2, 0.25) is 5.91 Å². The molecule has 20 heavy (non-hydrogen) atoms. The molecule has 1 aliphatic rings. The molecule has 0 saturated carbocycles. The highest BCUT2D eigenvalue weighted by Crippen LogP contribution is 2.34. The standard InChI is InChI=1S/C15H30N2O3/c1-14(2)8-11(9-15(3,4)17-14)7-13(20)16-6-5-12(19)10-18/h11-12,17-19H,5-10H2,1-4H3,(H,16,20)/t12-/m0/s1. The van der Waals surface area contributed by atoms with E-state index >= 15 is 0 Å². The predicted octanol–water partition coefficient (Wildman–Crippen LogP) is 0.793. The molecule has 1 amide bonds. The molecular weight excluding hydrogens is 256 g/mol. The second-order valence-electron chi connectivity index (χ2n) is 7.35. The maximum absolute atomic E-state index is 11.9. The van der Waals surface area contributed by atoms with Gasteiger partial charge in [-0.1, -0.05) is 0 Å². The third kappa shape index (κ3) is 6.20. The molecule has 5 nitrogen and oxygen atoms in total. The fourth-order valence-electron chi connectivity index (χ4n) is 3.48. The summed E-state index contributed by atoms with van der Waals surface area (Å²) in [6.07, 6.45) is 2.16. The molecule has 1 rings (SSSR count). The van der Waals surface area contributed by atoms with Crippen molar-refractivity contribution in [2.24, 2.45) is 5.92 Å².